The van der Waals surface area contributed by atoms with Crippen molar-refractivity contribution in [3.05, 3.63) is 29.8 Å². The van der Waals surface area contributed by atoms with Crippen molar-refractivity contribution in [3.63, 3.8) is 0 Å². The quantitative estimate of drug-likeness (QED) is 0.860. The van der Waals surface area contributed by atoms with Crippen LogP contribution in [0.1, 0.15) is 44.0 Å². The van der Waals surface area contributed by atoms with Gasteiger partial charge in [-0.1, -0.05) is 20.8 Å². The minimum atomic E-state index is 0.138. The maximum atomic E-state index is 12.2. The van der Waals surface area contributed by atoms with Crippen LogP contribution in [0.2, 0.25) is 0 Å². The maximum absolute atomic E-state index is 12.2. The average Bonchev–Trinajstić information content (AvgIpc) is 2.39. The van der Waals surface area contributed by atoms with Gasteiger partial charge in [-0.15, -0.1) is 0 Å². The van der Waals surface area contributed by atoms with Gasteiger partial charge < -0.3 is 5.11 Å². The number of ketones is 1. The summed E-state index contributed by atoms with van der Waals surface area (Å²) in [5, 5.41) is 9.24. The Hall–Kier alpha value is -1.35. The van der Waals surface area contributed by atoms with Crippen molar-refractivity contribution in [2.24, 2.45) is 11.3 Å². The Kier molecular flexibility index (Phi) is 4.48. The summed E-state index contributed by atoms with van der Waals surface area (Å²) in [6.07, 6.45) is 2.35. The van der Waals surface area contributed by atoms with E-state index in [-0.39, 0.29) is 11.5 Å². The van der Waals surface area contributed by atoms with E-state index < -0.39 is 0 Å². The lowest BCUT2D eigenvalue weighted by Gasteiger charge is -2.38. The predicted molar refractivity (Wildman–Crippen MR) is 81.1 cm³/mol. The highest BCUT2D eigenvalue weighted by molar-refractivity contribution is 5.97. The van der Waals surface area contributed by atoms with Crippen LogP contribution in [0.15, 0.2) is 24.3 Å². The molecule has 3 nitrogen and oxygen atoms in total. The Balaban J connectivity index is 1.86. The van der Waals surface area contributed by atoms with Gasteiger partial charge in [-0.2, -0.15) is 0 Å². The third-order valence-corrected chi connectivity index (χ3v) is 4.37. The highest BCUT2D eigenvalue weighted by atomic mass is 16.3. The monoisotopic (exact) mass is 275 g/mol. The minimum Gasteiger partial charge on any atom is -0.508 e. The van der Waals surface area contributed by atoms with Crippen LogP contribution in [0.4, 0.5) is 0 Å². The van der Waals surface area contributed by atoms with E-state index in [2.05, 4.69) is 25.7 Å². The van der Waals surface area contributed by atoms with Gasteiger partial charge >= 0.3 is 0 Å². The fraction of sp³-hybridized carbons (Fsp3) is 0.588. The smallest absolute Gasteiger partial charge is 0.176 e. The summed E-state index contributed by atoms with van der Waals surface area (Å²) in [5.41, 5.74) is 1.05. The molecule has 0 aromatic heterocycles. The Morgan fingerprint density at radius 2 is 1.75 bits per heavy atom. The fourth-order valence-electron chi connectivity index (χ4n) is 2.90. The van der Waals surface area contributed by atoms with E-state index in [9.17, 15) is 9.90 Å². The van der Waals surface area contributed by atoms with Crippen molar-refractivity contribution < 1.29 is 9.90 Å². The highest BCUT2D eigenvalue weighted by Crippen LogP contribution is 2.34. The molecule has 0 saturated carbocycles. The van der Waals surface area contributed by atoms with Crippen LogP contribution in [-0.4, -0.2) is 35.4 Å². The van der Waals surface area contributed by atoms with Gasteiger partial charge in [0.15, 0.2) is 5.78 Å². The highest BCUT2D eigenvalue weighted by Gasteiger charge is 2.29. The molecule has 0 unspecified atom stereocenters. The van der Waals surface area contributed by atoms with Gasteiger partial charge in [-0.3, -0.25) is 9.69 Å². The van der Waals surface area contributed by atoms with Crippen LogP contribution >= 0.6 is 0 Å². The third-order valence-electron chi connectivity index (χ3n) is 4.37. The average molecular weight is 275 g/mol. The lowest BCUT2D eigenvalue weighted by atomic mass is 9.75. The standard InChI is InChI=1S/C17H25NO2/c1-17(2,3)14-8-10-18(11-9-14)12-16(20)13-4-6-15(19)7-5-13/h4-7,14,19H,8-12H2,1-3H3. The van der Waals surface area contributed by atoms with Gasteiger partial charge in [0.05, 0.1) is 6.54 Å². The minimum absolute atomic E-state index is 0.138. The van der Waals surface area contributed by atoms with Crippen molar-refractivity contribution in [3.8, 4) is 5.75 Å². The van der Waals surface area contributed by atoms with Crippen LogP contribution in [0, 0.1) is 11.3 Å². The summed E-state index contributed by atoms with van der Waals surface area (Å²) in [6.45, 7) is 9.40. The van der Waals surface area contributed by atoms with Gasteiger partial charge in [0.2, 0.25) is 0 Å². The van der Waals surface area contributed by atoms with E-state index >= 15 is 0 Å². The number of carbonyl (C=O) groups excluding carboxylic acids is 1. The molecule has 0 atom stereocenters. The number of likely N-dealkylation sites (tertiary alicyclic amines) is 1. The number of hydrogen-bond donors (Lipinski definition) is 1. The summed E-state index contributed by atoms with van der Waals surface area (Å²) < 4.78 is 0. The largest absolute Gasteiger partial charge is 0.508 e. The lowest BCUT2D eigenvalue weighted by molar-refractivity contribution is 0.0822. The zero-order chi connectivity index (χ0) is 14.8. The molecular formula is C17H25NO2. The molecule has 20 heavy (non-hydrogen) atoms. The summed E-state index contributed by atoms with van der Waals surface area (Å²) in [6, 6.07) is 6.53. The molecule has 0 bridgehead atoms. The second-order valence-corrected chi connectivity index (χ2v) is 6.89. The number of benzene rings is 1. The van der Waals surface area contributed by atoms with E-state index in [4.69, 9.17) is 0 Å². The zero-order valence-corrected chi connectivity index (χ0v) is 12.7. The molecule has 1 aliphatic rings. The first-order chi connectivity index (χ1) is 9.36. The molecule has 0 spiro atoms. The van der Waals surface area contributed by atoms with Gasteiger partial charge in [-0.05, 0) is 61.5 Å². The topological polar surface area (TPSA) is 40.5 Å². The van der Waals surface area contributed by atoms with Crippen molar-refractivity contribution >= 4 is 5.78 Å². The molecule has 1 saturated heterocycles. The number of Topliss-reactive ketones (excluding diaryl/α,β-unsaturated/α-hetero) is 1. The number of carbonyl (C=O) groups is 1. The van der Waals surface area contributed by atoms with Crippen LogP contribution in [0.3, 0.4) is 0 Å². The summed E-state index contributed by atoms with van der Waals surface area (Å²) in [7, 11) is 0. The first-order valence-electron chi connectivity index (χ1n) is 7.41. The second kappa shape index (κ2) is 5.96. The lowest BCUT2D eigenvalue weighted by Crippen LogP contribution is -2.40. The number of piperidine rings is 1. The van der Waals surface area contributed by atoms with Crippen LogP contribution in [0.5, 0.6) is 5.75 Å². The molecular weight excluding hydrogens is 250 g/mol. The second-order valence-electron chi connectivity index (χ2n) is 6.89. The Morgan fingerprint density at radius 1 is 1.20 bits per heavy atom. The molecule has 0 aliphatic carbocycles. The maximum Gasteiger partial charge on any atom is 0.176 e. The summed E-state index contributed by atoms with van der Waals surface area (Å²) in [4.78, 5) is 14.4. The molecule has 1 aliphatic heterocycles. The SMILES string of the molecule is CC(C)(C)C1CCN(CC(=O)c2ccc(O)cc2)CC1. The summed E-state index contributed by atoms with van der Waals surface area (Å²) >= 11 is 0. The van der Waals surface area contributed by atoms with E-state index in [1.807, 2.05) is 0 Å². The molecule has 1 fully saturated rings. The van der Waals surface area contributed by atoms with E-state index in [1.54, 1.807) is 24.3 Å². The Bertz CT molecular complexity index is 451. The Morgan fingerprint density at radius 3 is 2.25 bits per heavy atom. The third kappa shape index (κ3) is 3.83. The Labute approximate surface area is 121 Å². The molecule has 1 aromatic rings. The predicted octanol–water partition coefficient (Wildman–Crippen LogP) is 3.33. The normalized spacial score (nSPS) is 18.1. The number of phenolic OH excluding ortho intramolecular Hbond substituents is 1. The van der Waals surface area contributed by atoms with Gasteiger partial charge in [0, 0.05) is 5.56 Å². The molecule has 0 amide bonds. The molecule has 2 rings (SSSR count). The number of aromatic hydroxyl groups is 1. The van der Waals surface area contributed by atoms with Crippen LogP contribution in [0.25, 0.3) is 0 Å². The van der Waals surface area contributed by atoms with Crippen LogP contribution in [-0.2, 0) is 0 Å². The molecule has 1 N–H and O–H groups in total. The molecule has 110 valence electrons. The summed E-state index contributed by atoms with van der Waals surface area (Å²) in [5.74, 6) is 1.09. The first-order valence-corrected chi connectivity index (χ1v) is 7.41. The zero-order valence-electron chi connectivity index (χ0n) is 12.7. The van der Waals surface area contributed by atoms with E-state index in [0.717, 1.165) is 19.0 Å². The van der Waals surface area contributed by atoms with Gasteiger partial charge in [0.1, 0.15) is 5.75 Å². The van der Waals surface area contributed by atoms with Crippen molar-refractivity contribution in [1.82, 2.24) is 4.90 Å². The molecule has 1 aromatic carbocycles. The van der Waals surface area contributed by atoms with Crippen molar-refractivity contribution in [2.75, 3.05) is 19.6 Å². The first kappa shape index (κ1) is 15.0. The van der Waals surface area contributed by atoms with Gasteiger partial charge in [0.25, 0.3) is 0 Å². The molecule has 0 radical (unpaired) electrons. The molecule has 3 heteroatoms. The van der Waals surface area contributed by atoms with Crippen molar-refractivity contribution in [1.29, 1.82) is 0 Å². The number of hydrogen-bond acceptors (Lipinski definition) is 3. The van der Waals surface area contributed by atoms with E-state index in [1.165, 1.54) is 12.8 Å². The van der Waals surface area contributed by atoms with Gasteiger partial charge in [-0.25, -0.2) is 0 Å². The van der Waals surface area contributed by atoms with Crippen LogP contribution < -0.4 is 0 Å². The number of nitrogens with zero attached hydrogens (tertiary/aromatic N) is 1. The number of phenols is 1. The molecule has 1 heterocycles. The van der Waals surface area contributed by atoms with Crippen molar-refractivity contribution in [2.45, 2.75) is 33.6 Å². The van der Waals surface area contributed by atoms with E-state index in [0.29, 0.717) is 17.5 Å². The number of rotatable bonds is 3. The fourth-order valence-corrected chi connectivity index (χ4v) is 2.90.